The molecule has 3 aliphatic rings. The van der Waals surface area contributed by atoms with Gasteiger partial charge in [0.15, 0.2) is 5.78 Å². The molecule has 5 heteroatoms. The van der Waals surface area contributed by atoms with Crippen molar-refractivity contribution in [2.24, 2.45) is 0 Å². The normalized spacial score (nSPS) is 21.8. The third-order valence-electron chi connectivity index (χ3n) is 10.5. The molecule has 2 aliphatic heterocycles. The number of likely N-dealkylation sites (tertiary alicyclic amines) is 1. The van der Waals surface area contributed by atoms with Crippen molar-refractivity contribution < 1.29 is 9.53 Å². The highest BCUT2D eigenvalue weighted by Gasteiger charge is 2.40. The second-order valence-corrected chi connectivity index (χ2v) is 14.6. The van der Waals surface area contributed by atoms with Crippen LogP contribution in [0, 0.1) is 0 Å². The molecule has 49 heavy (non-hydrogen) atoms. The number of carbonyl (C=O) groups is 1. The largest absolute Gasteiger partial charge is 0.486 e. The molecule has 2 heterocycles. The van der Waals surface area contributed by atoms with Gasteiger partial charge in [-0.2, -0.15) is 0 Å². The Morgan fingerprint density at radius 1 is 1.02 bits per heavy atom. The van der Waals surface area contributed by atoms with Gasteiger partial charge in [-0.05, 0) is 89.1 Å². The second kappa shape index (κ2) is 18.4. The minimum atomic E-state index is -0.362. The lowest BCUT2D eigenvalue weighted by Crippen LogP contribution is -2.35. The molecule has 0 radical (unpaired) electrons. The number of nitrogens with two attached hydrogens (primary N) is 1. The van der Waals surface area contributed by atoms with Crippen LogP contribution in [0.1, 0.15) is 135 Å². The molecule has 0 bridgehead atoms. The van der Waals surface area contributed by atoms with Crippen LogP contribution in [0.25, 0.3) is 0 Å². The second-order valence-electron chi connectivity index (χ2n) is 14.6. The number of dihydropyridines is 1. The minimum Gasteiger partial charge on any atom is -0.486 e. The maximum absolute atomic E-state index is 13.7. The predicted octanol–water partition coefficient (Wildman–Crippen LogP) is 10.7. The maximum Gasteiger partial charge on any atom is 0.161 e. The Morgan fingerprint density at radius 2 is 1.76 bits per heavy atom. The Bertz CT molecular complexity index is 1500. The summed E-state index contributed by atoms with van der Waals surface area (Å²) in [6, 6.07) is 19.0. The van der Waals surface area contributed by atoms with Crippen molar-refractivity contribution in [3.8, 4) is 0 Å². The van der Waals surface area contributed by atoms with Gasteiger partial charge in [-0.15, -0.1) is 0 Å². The van der Waals surface area contributed by atoms with Crippen LogP contribution in [0.4, 0.5) is 5.69 Å². The van der Waals surface area contributed by atoms with E-state index in [4.69, 9.17) is 10.5 Å². The fraction of sp³-hybridized carbons (Fsp3) is 0.523. The van der Waals surface area contributed by atoms with Crippen LogP contribution in [0.15, 0.2) is 101 Å². The average molecular weight is 666 g/mol. The number of anilines is 1. The Morgan fingerprint density at radius 3 is 2.41 bits per heavy atom. The number of rotatable bonds is 14. The third kappa shape index (κ3) is 10.2. The summed E-state index contributed by atoms with van der Waals surface area (Å²) in [5.74, 6) is 1.02. The fourth-order valence-electron chi connectivity index (χ4n) is 7.67. The summed E-state index contributed by atoms with van der Waals surface area (Å²) >= 11 is 0. The number of hydrogen-bond donors (Lipinski definition) is 2. The first-order valence-corrected chi connectivity index (χ1v) is 19.0. The number of ether oxygens (including phenoxy) is 1. The van der Waals surface area contributed by atoms with E-state index >= 15 is 0 Å². The zero-order valence-electron chi connectivity index (χ0n) is 31.4. The molecule has 2 aromatic rings. The van der Waals surface area contributed by atoms with Crippen molar-refractivity contribution in [1.29, 1.82) is 0 Å². The molecule has 5 nitrogen and oxygen atoms in total. The average Bonchev–Trinajstić information content (AvgIpc) is 3.47. The lowest BCUT2D eigenvalue weighted by molar-refractivity contribution is -0.116. The van der Waals surface area contributed by atoms with E-state index in [0.717, 1.165) is 73.4 Å². The molecule has 5 rings (SSSR count). The SMILES string of the molecule is C=C(OC1(C)CCN(CCC(C2=CCCCC2)c2ccccc2)C1)C1=C(C)NC(C)=C(C(=O)CCCC)C1c1cccc(N)c1.CCCC. The van der Waals surface area contributed by atoms with Gasteiger partial charge in [0.2, 0.25) is 0 Å². The molecule has 1 saturated heterocycles. The van der Waals surface area contributed by atoms with Crippen LogP contribution in [0.5, 0.6) is 0 Å². The van der Waals surface area contributed by atoms with Gasteiger partial charge in [0.25, 0.3) is 0 Å². The highest BCUT2D eigenvalue weighted by Crippen LogP contribution is 2.44. The maximum atomic E-state index is 13.7. The summed E-state index contributed by atoms with van der Waals surface area (Å²) in [7, 11) is 0. The number of benzene rings is 2. The number of ketones is 1. The predicted molar refractivity (Wildman–Crippen MR) is 207 cm³/mol. The van der Waals surface area contributed by atoms with Crippen LogP contribution in [-0.4, -0.2) is 35.9 Å². The zero-order chi connectivity index (χ0) is 35.4. The van der Waals surface area contributed by atoms with E-state index in [1.807, 2.05) is 25.1 Å². The van der Waals surface area contributed by atoms with E-state index in [0.29, 0.717) is 23.8 Å². The Labute approximate surface area is 297 Å². The van der Waals surface area contributed by atoms with E-state index in [1.165, 1.54) is 44.1 Å². The summed E-state index contributed by atoms with van der Waals surface area (Å²) in [5.41, 5.74) is 14.2. The van der Waals surface area contributed by atoms with Crippen LogP contribution >= 0.6 is 0 Å². The monoisotopic (exact) mass is 665 g/mol. The first kappa shape index (κ1) is 38.2. The number of nitrogens with one attached hydrogen (secondary N) is 1. The standard InChI is InChI=1S/C40H53N3O2.C4H10/c1-6-7-21-36(44)38-29(3)42-28(2)37(39(38)33-19-14-20-34(41)26-33)30(4)45-40(5)23-25-43(27-40)24-22-35(31-15-10-8-11-16-31)32-17-12-9-13-18-32;1-3-4-2/h8,10-11,14-17,19-20,26,35,39,42H,4,6-7,9,12-13,18,21-25,27,41H2,1-3,5H3;3-4H2,1-2H3. The Kier molecular flexibility index (Phi) is 14.4. The summed E-state index contributed by atoms with van der Waals surface area (Å²) in [5, 5.41) is 3.51. The Balaban J connectivity index is 0.00000128. The molecule has 0 aromatic heterocycles. The summed E-state index contributed by atoms with van der Waals surface area (Å²) in [6.07, 6.45) is 14.6. The first-order chi connectivity index (χ1) is 23.6. The van der Waals surface area contributed by atoms with E-state index in [9.17, 15) is 4.79 Å². The smallest absolute Gasteiger partial charge is 0.161 e. The molecule has 266 valence electrons. The third-order valence-corrected chi connectivity index (χ3v) is 10.5. The minimum absolute atomic E-state index is 0.173. The molecule has 3 atom stereocenters. The van der Waals surface area contributed by atoms with Crippen molar-refractivity contribution in [2.75, 3.05) is 25.4 Å². The molecular weight excluding hydrogens is 603 g/mol. The molecular formula is C44H63N3O2. The van der Waals surface area contributed by atoms with Crippen molar-refractivity contribution in [3.63, 3.8) is 0 Å². The number of Topliss-reactive ketones (excluding diaryl/α,β-unsaturated/α-hetero) is 1. The lowest BCUT2D eigenvalue weighted by Gasteiger charge is -2.36. The van der Waals surface area contributed by atoms with Gasteiger partial charge in [0.05, 0.1) is 0 Å². The summed E-state index contributed by atoms with van der Waals surface area (Å²) < 4.78 is 6.86. The Hall–Kier alpha value is -3.57. The molecule has 2 aromatic carbocycles. The number of unbranched alkanes of at least 4 members (excludes halogenated alkanes) is 2. The molecule has 0 saturated carbocycles. The van der Waals surface area contributed by atoms with Crippen molar-refractivity contribution in [3.05, 3.63) is 112 Å². The van der Waals surface area contributed by atoms with E-state index in [2.05, 4.69) is 93.9 Å². The van der Waals surface area contributed by atoms with E-state index < -0.39 is 0 Å². The molecule has 1 fully saturated rings. The molecule has 0 spiro atoms. The van der Waals surface area contributed by atoms with Gasteiger partial charge < -0.3 is 15.8 Å². The number of carbonyl (C=O) groups excluding carboxylic acids is 1. The molecule has 3 N–H and O–H groups in total. The van der Waals surface area contributed by atoms with Gasteiger partial charge in [0.1, 0.15) is 11.4 Å². The number of hydrogen-bond acceptors (Lipinski definition) is 5. The van der Waals surface area contributed by atoms with Crippen molar-refractivity contribution in [1.82, 2.24) is 10.2 Å². The highest BCUT2D eigenvalue weighted by atomic mass is 16.5. The van der Waals surface area contributed by atoms with E-state index in [1.54, 1.807) is 5.57 Å². The van der Waals surface area contributed by atoms with Gasteiger partial charge >= 0.3 is 0 Å². The number of nitrogen functional groups attached to an aromatic ring is 1. The lowest BCUT2D eigenvalue weighted by atomic mass is 9.77. The van der Waals surface area contributed by atoms with Gasteiger partial charge in [0, 0.05) is 66.0 Å². The van der Waals surface area contributed by atoms with E-state index in [-0.39, 0.29) is 17.3 Å². The highest BCUT2D eigenvalue weighted by molar-refractivity contribution is 5.99. The number of allylic oxidation sites excluding steroid dienone is 6. The van der Waals surface area contributed by atoms with Crippen LogP contribution in [-0.2, 0) is 9.53 Å². The number of nitrogens with zero attached hydrogens (tertiary/aromatic N) is 1. The van der Waals surface area contributed by atoms with Crippen LogP contribution < -0.4 is 11.1 Å². The van der Waals surface area contributed by atoms with Gasteiger partial charge in [-0.1, -0.05) is 101 Å². The topological polar surface area (TPSA) is 67.6 Å². The summed E-state index contributed by atoms with van der Waals surface area (Å²) in [6.45, 7) is 20.2. The van der Waals surface area contributed by atoms with Crippen LogP contribution in [0.3, 0.4) is 0 Å². The molecule has 1 aliphatic carbocycles. The van der Waals surface area contributed by atoms with Gasteiger partial charge in [-0.25, -0.2) is 0 Å². The molecule has 0 amide bonds. The quantitative estimate of drug-likeness (QED) is 0.119. The van der Waals surface area contributed by atoms with Crippen molar-refractivity contribution >= 4 is 11.5 Å². The molecule has 3 unspecified atom stereocenters. The van der Waals surface area contributed by atoms with Crippen LogP contribution in [0.2, 0.25) is 0 Å². The zero-order valence-corrected chi connectivity index (χ0v) is 31.4. The van der Waals surface area contributed by atoms with Gasteiger partial charge in [-0.3, -0.25) is 9.69 Å². The summed E-state index contributed by atoms with van der Waals surface area (Å²) in [4.78, 5) is 16.2. The first-order valence-electron chi connectivity index (χ1n) is 19.0. The fourth-order valence-corrected chi connectivity index (χ4v) is 7.67. The van der Waals surface area contributed by atoms with Crippen molar-refractivity contribution in [2.45, 2.75) is 130 Å².